The van der Waals surface area contributed by atoms with Crippen molar-refractivity contribution in [1.82, 2.24) is 5.32 Å². The van der Waals surface area contributed by atoms with Gasteiger partial charge in [-0.05, 0) is 62.9 Å². The van der Waals surface area contributed by atoms with Gasteiger partial charge in [-0.2, -0.15) is 0 Å². The van der Waals surface area contributed by atoms with E-state index in [2.05, 4.69) is 108 Å². The fourth-order valence-corrected chi connectivity index (χ4v) is 5.41. The van der Waals surface area contributed by atoms with Crippen LogP contribution in [0, 0.1) is 5.41 Å². The van der Waals surface area contributed by atoms with Crippen molar-refractivity contribution >= 4 is 5.97 Å². The molecule has 0 aliphatic carbocycles. The van der Waals surface area contributed by atoms with Crippen molar-refractivity contribution in [1.29, 1.82) is 0 Å². The number of benzene rings is 4. The second-order valence-electron chi connectivity index (χ2n) is 10.7. The fraction of sp³-hybridized carbons (Fsp3) is 0.286. The number of carbonyl (C=O) groups is 1. The zero-order valence-electron chi connectivity index (χ0n) is 22.9. The third kappa shape index (κ3) is 5.89. The Kier molecular flexibility index (Phi) is 8.81. The van der Waals surface area contributed by atoms with Gasteiger partial charge >= 0.3 is 5.97 Å². The Morgan fingerprint density at radius 3 is 1.47 bits per heavy atom. The van der Waals surface area contributed by atoms with Crippen molar-refractivity contribution in [2.45, 2.75) is 51.7 Å². The first-order chi connectivity index (χ1) is 18.4. The molecular weight excluding hydrogens is 466 g/mol. The molecule has 0 fully saturated rings. The SMILES string of the molecule is CC(C)OC(=O)C(C)(C)C(CCNC(c1ccccc1)(c1ccccc1)c1ccccc1)c1ccccc1. The van der Waals surface area contributed by atoms with Crippen LogP contribution in [0.1, 0.15) is 62.3 Å². The Hall–Kier alpha value is -3.69. The Morgan fingerprint density at radius 2 is 1.08 bits per heavy atom. The molecule has 4 aromatic rings. The lowest BCUT2D eigenvalue weighted by molar-refractivity contribution is -0.159. The van der Waals surface area contributed by atoms with Gasteiger partial charge in [-0.25, -0.2) is 0 Å². The van der Waals surface area contributed by atoms with Gasteiger partial charge in [-0.1, -0.05) is 121 Å². The number of ether oxygens (including phenoxy) is 1. The first-order valence-corrected chi connectivity index (χ1v) is 13.5. The quantitative estimate of drug-likeness (QED) is 0.167. The van der Waals surface area contributed by atoms with Crippen LogP contribution in [0.3, 0.4) is 0 Å². The van der Waals surface area contributed by atoms with Gasteiger partial charge in [0.1, 0.15) is 0 Å². The molecule has 196 valence electrons. The molecule has 38 heavy (non-hydrogen) atoms. The molecular formula is C35H39NO2. The Balaban J connectivity index is 1.74. The van der Waals surface area contributed by atoms with E-state index in [9.17, 15) is 4.79 Å². The number of carbonyl (C=O) groups excluding carboxylic acids is 1. The van der Waals surface area contributed by atoms with Crippen LogP contribution >= 0.6 is 0 Å². The van der Waals surface area contributed by atoms with E-state index in [1.807, 2.05) is 45.9 Å². The van der Waals surface area contributed by atoms with Crippen molar-refractivity contribution in [2.75, 3.05) is 6.54 Å². The van der Waals surface area contributed by atoms with E-state index in [-0.39, 0.29) is 18.0 Å². The summed E-state index contributed by atoms with van der Waals surface area (Å²) >= 11 is 0. The molecule has 0 aliphatic rings. The van der Waals surface area contributed by atoms with E-state index in [1.54, 1.807) is 0 Å². The first kappa shape index (κ1) is 27.3. The summed E-state index contributed by atoms with van der Waals surface area (Å²) in [5.41, 5.74) is 3.42. The van der Waals surface area contributed by atoms with Gasteiger partial charge < -0.3 is 4.74 Å². The highest BCUT2D eigenvalue weighted by Crippen LogP contribution is 2.41. The Morgan fingerprint density at radius 1 is 0.684 bits per heavy atom. The number of esters is 1. The van der Waals surface area contributed by atoms with E-state index in [4.69, 9.17) is 4.74 Å². The molecule has 0 heterocycles. The van der Waals surface area contributed by atoms with Crippen LogP contribution < -0.4 is 5.32 Å². The molecule has 0 aliphatic heterocycles. The molecule has 0 spiro atoms. The normalized spacial score (nSPS) is 12.8. The predicted molar refractivity (Wildman–Crippen MR) is 156 cm³/mol. The zero-order chi connectivity index (χ0) is 27.0. The summed E-state index contributed by atoms with van der Waals surface area (Å²) in [5, 5.41) is 3.98. The summed E-state index contributed by atoms with van der Waals surface area (Å²) in [5.74, 6) is -0.190. The van der Waals surface area contributed by atoms with Gasteiger partial charge in [0.2, 0.25) is 0 Å². The summed E-state index contributed by atoms with van der Waals surface area (Å²) in [6.45, 7) is 8.51. The van der Waals surface area contributed by atoms with Gasteiger partial charge in [-0.3, -0.25) is 10.1 Å². The minimum absolute atomic E-state index is 0.0255. The zero-order valence-corrected chi connectivity index (χ0v) is 22.9. The second kappa shape index (κ2) is 12.2. The first-order valence-electron chi connectivity index (χ1n) is 13.5. The summed E-state index contributed by atoms with van der Waals surface area (Å²) in [6.07, 6.45) is 0.608. The standard InChI is InChI=1S/C35H39NO2/c1-27(2)38-33(37)34(3,4)32(28-17-9-5-10-18-28)25-26-36-35(29-19-11-6-12-20-29,30-21-13-7-14-22-30)31-23-15-8-16-24-31/h5-24,27,32,36H,25-26H2,1-4H3. The molecule has 3 nitrogen and oxygen atoms in total. The second-order valence-corrected chi connectivity index (χ2v) is 10.7. The number of hydrogen-bond donors (Lipinski definition) is 1. The maximum Gasteiger partial charge on any atom is 0.312 e. The van der Waals surface area contributed by atoms with Crippen molar-refractivity contribution in [2.24, 2.45) is 5.41 Å². The van der Waals surface area contributed by atoms with Crippen molar-refractivity contribution in [3.05, 3.63) is 144 Å². The fourth-order valence-electron chi connectivity index (χ4n) is 5.41. The lowest BCUT2D eigenvalue weighted by Gasteiger charge is -2.39. The molecule has 0 saturated heterocycles. The number of hydrogen-bond acceptors (Lipinski definition) is 3. The average Bonchev–Trinajstić information content (AvgIpc) is 2.95. The highest BCUT2D eigenvalue weighted by Gasteiger charge is 2.41. The van der Waals surface area contributed by atoms with E-state index in [0.717, 1.165) is 12.0 Å². The minimum atomic E-state index is -0.692. The molecule has 0 saturated carbocycles. The minimum Gasteiger partial charge on any atom is -0.463 e. The highest BCUT2D eigenvalue weighted by molar-refractivity contribution is 5.77. The highest BCUT2D eigenvalue weighted by atomic mass is 16.5. The molecule has 4 aromatic carbocycles. The molecule has 1 N–H and O–H groups in total. The monoisotopic (exact) mass is 505 g/mol. The van der Waals surface area contributed by atoms with Crippen molar-refractivity contribution in [3.8, 4) is 0 Å². The molecule has 1 unspecified atom stereocenters. The number of nitrogens with one attached hydrogen (secondary N) is 1. The van der Waals surface area contributed by atoms with Crippen molar-refractivity contribution in [3.63, 3.8) is 0 Å². The van der Waals surface area contributed by atoms with Gasteiger partial charge in [0.15, 0.2) is 0 Å². The van der Waals surface area contributed by atoms with Crippen LogP contribution in [-0.2, 0) is 15.1 Å². The third-order valence-corrected chi connectivity index (χ3v) is 7.39. The molecule has 1 atom stereocenters. The predicted octanol–water partition coefficient (Wildman–Crippen LogP) is 7.72. The van der Waals surface area contributed by atoms with Crippen LogP contribution in [0.15, 0.2) is 121 Å². The van der Waals surface area contributed by atoms with E-state index in [1.165, 1.54) is 16.7 Å². The molecule has 0 bridgehead atoms. The molecule has 0 radical (unpaired) electrons. The molecule has 4 rings (SSSR count). The van der Waals surface area contributed by atoms with Crippen LogP contribution in [0.25, 0.3) is 0 Å². The number of rotatable bonds is 11. The summed E-state index contributed by atoms with van der Waals surface area (Å²) in [7, 11) is 0. The average molecular weight is 506 g/mol. The van der Waals surface area contributed by atoms with E-state index >= 15 is 0 Å². The van der Waals surface area contributed by atoms with Crippen LogP contribution in [-0.4, -0.2) is 18.6 Å². The lowest BCUT2D eigenvalue weighted by atomic mass is 9.72. The van der Waals surface area contributed by atoms with Crippen LogP contribution in [0.5, 0.6) is 0 Å². The van der Waals surface area contributed by atoms with Gasteiger partial charge in [0.25, 0.3) is 0 Å². The topological polar surface area (TPSA) is 38.3 Å². The maximum atomic E-state index is 13.3. The Labute approximate surface area is 227 Å². The van der Waals surface area contributed by atoms with E-state index in [0.29, 0.717) is 6.54 Å². The summed E-state index contributed by atoms with van der Waals surface area (Å²) < 4.78 is 5.71. The molecule has 0 aromatic heterocycles. The largest absolute Gasteiger partial charge is 0.463 e. The third-order valence-electron chi connectivity index (χ3n) is 7.39. The van der Waals surface area contributed by atoms with Gasteiger partial charge in [0.05, 0.1) is 17.1 Å². The molecule has 0 amide bonds. The van der Waals surface area contributed by atoms with Gasteiger partial charge in [0, 0.05) is 5.92 Å². The maximum absolute atomic E-state index is 13.3. The van der Waals surface area contributed by atoms with Crippen LogP contribution in [0.4, 0.5) is 0 Å². The van der Waals surface area contributed by atoms with E-state index < -0.39 is 11.0 Å². The summed E-state index contributed by atoms with van der Waals surface area (Å²) in [4.78, 5) is 13.3. The smallest absolute Gasteiger partial charge is 0.312 e. The summed E-state index contributed by atoms with van der Waals surface area (Å²) in [6, 6.07) is 42.2. The molecule has 3 heteroatoms. The van der Waals surface area contributed by atoms with Gasteiger partial charge in [-0.15, -0.1) is 0 Å². The van der Waals surface area contributed by atoms with Crippen molar-refractivity contribution < 1.29 is 9.53 Å². The van der Waals surface area contributed by atoms with Crippen LogP contribution in [0.2, 0.25) is 0 Å². The Bertz CT molecular complexity index is 1170. The lowest BCUT2D eigenvalue weighted by Crippen LogP contribution is -2.46.